The van der Waals surface area contributed by atoms with Gasteiger partial charge in [0.2, 0.25) is 0 Å². The van der Waals surface area contributed by atoms with Crippen molar-refractivity contribution in [2.75, 3.05) is 6.61 Å². The molecule has 2 unspecified atom stereocenters. The van der Waals surface area contributed by atoms with Crippen LogP contribution >= 0.6 is 33.9 Å². The van der Waals surface area contributed by atoms with Crippen LogP contribution in [-0.2, 0) is 4.74 Å². The van der Waals surface area contributed by atoms with Crippen molar-refractivity contribution in [1.29, 1.82) is 0 Å². The molecule has 3 nitrogen and oxygen atoms in total. The lowest BCUT2D eigenvalue weighted by Crippen LogP contribution is -2.41. The molecule has 1 N–H and O–H groups in total. The van der Waals surface area contributed by atoms with Crippen LogP contribution in [0.4, 0.5) is 0 Å². The lowest BCUT2D eigenvalue weighted by molar-refractivity contribution is 0.0730. The Morgan fingerprint density at radius 3 is 2.94 bits per heavy atom. The number of amides is 1. The summed E-state index contributed by atoms with van der Waals surface area (Å²) in [6.07, 6.45) is 3.73. The van der Waals surface area contributed by atoms with E-state index in [-0.39, 0.29) is 18.1 Å². The Morgan fingerprint density at radius 1 is 1.47 bits per heavy atom. The third-order valence-electron chi connectivity index (χ3n) is 3.37. The van der Waals surface area contributed by atoms with Gasteiger partial charge in [0.25, 0.3) is 5.91 Å². The lowest BCUT2D eigenvalue weighted by Gasteiger charge is -2.19. The van der Waals surface area contributed by atoms with E-state index >= 15 is 0 Å². The molecular weight excluding hydrogens is 349 g/mol. The number of carbonyl (C=O) groups is 1. The van der Waals surface area contributed by atoms with Gasteiger partial charge < -0.3 is 10.1 Å². The van der Waals surface area contributed by atoms with Crippen molar-refractivity contribution in [3.63, 3.8) is 0 Å². The molecular formula is C12H14INO2S. The van der Waals surface area contributed by atoms with E-state index in [4.69, 9.17) is 4.74 Å². The van der Waals surface area contributed by atoms with Crippen LogP contribution < -0.4 is 5.32 Å². The van der Waals surface area contributed by atoms with E-state index in [2.05, 4.69) is 27.9 Å². The predicted octanol–water partition coefficient (Wildman–Crippen LogP) is 2.65. The Balaban J connectivity index is 1.64. The van der Waals surface area contributed by atoms with E-state index < -0.39 is 0 Å². The maximum atomic E-state index is 12.0. The lowest BCUT2D eigenvalue weighted by atomic mass is 10.1. The molecule has 0 radical (unpaired) electrons. The minimum atomic E-state index is 0.0466. The largest absolute Gasteiger partial charge is 0.376 e. The van der Waals surface area contributed by atoms with Crippen molar-refractivity contribution < 1.29 is 9.53 Å². The molecule has 0 aromatic carbocycles. The Kier molecular flexibility index (Phi) is 3.40. The fourth-order valence-electron chi connectivity index (χ4n) is 2.34. The Labute approximate surface area is 118 Å². The highest BCUT2D eigenvalue weighted by Crippen LogP contribution is 2.38. The molecule has 2 fully saturated rings. The minimum Gasteiger partial charge on any atom is -0.376 e. The summed E-state index contributed by atoms with van der Waals surface area (Å²) in [5.41, 5.74) is 0.779. The van der Waals surface area contributed by atoms with Crippen LogP contribution in [0.5, 0.6) is 0 Å². The summed E-state index contributed by atoms with van der Waals surface area (Å²) in [6.45, 7) is 0.785. The molecule has 5 heteroatoms. The standard InChI is InChI=1S/C12H14INO2S/c13-10-5-8(6-17-10)12(15)14-9-3-4-16-11(9)7-1-2-7/h5-7,9,11H,1-4H2,(H,14,15). The van der Waals surface area contributed by atoms with Crippen LogP contribution in [0.3, 0.4) is 0 Å². The monoisotopic (exact) mass is 363 g/mol. The number of nitrogens with one attached hydrogen (secondary N) is 1. The number of rotatable bonds is 3. The summed E-state index contributed by atoms with van der Waals surface area (Å²) >= 11 is 3.84. The summed E-state index contributed by atoms with van der Waals surface area (Å²) in [7, 11) is 0. The summed E-state index contributed by atoms with van der Waals surface area (Å²) in [5, 5.41) is 5.04. The third kappa shape index (κ3) is 2.66. The van der Waals surface area contributed by atoms with Gasteiger partial charge in [0.15, 0.2) is 0 Å². The van der Waals surface area contributed by atoms with E-state index in [0.717, 1.165) is 21.5 Å². The van der Waals surface area contributed by atoms with E-state index in [9.17, 15) is 4.79 Å². The van der Waals surface area contributed by atoms with Gasteiger partial charge in [0.05, 0.1) is 20.6 Å². The Bertz CT molecular complexity index is 430. The molecule has 2 heterocycles. The van der Waals surface area contributed by atoms with Gasteiger partial charge in [-0.15, -0.1) is 11.3 Å². The van der Waals surface area contributed by atoms with Crippen molar-refractivity contribution in [3.8, 4) is 0 Å². The SMILES string of the molecule is O=C(NC1CCOC1C1CC1)c1csc(I)c1. The van der Waals surface area contributed by atoms with Gasteiger partial charge >= 0.3 is 0 Å². The van der Waals surface area contributed by atoms with E-state index in [1.165, 1.54) is 12.8 Å². The number of carbonyl (C=O) groups excluding carboxylic acids is 1. The molecule has 1 aromatic heterocycles. The second-order valence-corrected chi connectivity index (χ2v) is 7.49. The molecule has 17 heavy (non-hydrogen) atoms. The van der Waals surface area contributed by atoms with Crippen LogP contribution in [0.15, 0.2) is 11.4 Å². The number of ether oxygens (including phenoxy) is 1. The van der Waals surface area contributed by atoms with Crippen LogP contribution in [-0.4, -0.2) is 24.7 Å². The molecule has 1 saturated heterocycles. The van der Waals surface area contributed by atoms with Gasteiger partial charge in [-0.3, -0.25) is 4.79 Å². The van der Waals surface area contributed by atoms with Gasteiger partial charge in [0, 0.05) is 12.0 Å². The summed E-state index contributed by atoms with van der Waals surface area (Å²) in [4.78, 5) is 12.0. The smallest absolute Gasteiger partial charge is 0.252 e. The fourth-order valence-corrected chi connectivity index (χ4v) is 3.66. The predicted molar refractivity (Wildman–Crippen MR) is 75.4 cm³/mol. The zero-order chi connectivity index (χ0) is 11.8. The highest BCUT2D eigenvalue weighted by Gasteiger charge is 2.41. The second-order valence-electron chi connectivity index (χ2n) is 4.68. The maximum Gasteiger partial charge on any atom is 0.252 e. The zero-order valence-corrected chi connectivity index (χ0v) is 12.3. The number of halogens is 1. The molecule has 1 saturated carbocycles. The molecule has 1 amide bonds. The maximum absolute atomic E-state index is 12.0. The van der Waals surface area contributed by atoms with E-state index in [0.29, 0.717) is 5.92 Å². The quantitative estimate of drug-likeness (QED) is 0.839. The molecule has 0 spiro atoms. The normalized spacial score (nSPS) is 28.3. The number of hydrogen-bond acceptors (Lipinski definition) is 3. The van der Waals surface area contributed by atoms with Gasteiger partial charge in [-0.25, -0.2) is 0 Å². The van der Waals surface area contributed by atoms with Crippen molar-refractivity contribution in [2.45, 2.75) is 31.4 Å². The van der Waals surface area contributed by atoms with Gasteiger partial charge in [-0.2, -0.15) is 0 Å². The first-order valence-electron chi connectivity index (χ1n) is 5.90. The molecule has 92 valence electrons. The summed E-state index contributed by atoms with van der Waals surface area (Å²) in [5.74, 6) is 0.732. The number of hydrogen-bond donors (Lipinski definition) is 1. The van der Waals surface area contributed by atoms with Crippen molar-refractivity contribution >= 4 is 39.8 Å². The van der Waals surface area contributed by atoms with Crippen LogP contribution in [0.25, 0.3) is 0 Å². The van der Waals surface area contributed by atoms with Gasteiger partial charge in [-0.1, -0.05) is 0 Å². The van der Waals surface area contributed by atoms with Crippen molar-refractivity contribution in [1.82, 2.24) is 5.32 Å². The average Bonchev–Trinajstić information content (AvgIpc) is 2.89. The number of thiophene rings is 1. The Hall–Kier alpha value is -0.140. The van der Waals surface area contributed by atoms with Gasteiger partial charge in [-0.05, 0) is 53.8 Å². The van der Waals surface area contributed by atoms with Gasteiger partial charge in [0.1, 0.15) is 0 Å². The molecule has 2 atom stereocenters. The van der Waals surface area contributed by atoms with Crippen LogP contribution in [0.1, 0.15) is 29.6 Å². The molecule has 1 aliphatic carbocycles. The van der Waals surface area contributed by atoms with Crippen LogP contribution in [0, 0.1) is 8.80 Å². The molecule has 1 aliphatic heterocycles. The van der Waals surface area contributed by atoms with Crippen LogP contribution in [0.2, 0.25) is 0 Å². The first kappa shape index (κ1) is 11.9. The topological polar surface area (TPSA) is 38.3 Å². The van der Waals surface area contributed by atoms with Crippen molar-refractivity contribution in [2.24, 2.45) is 5.92 Å². The fraction of sp³-hybridized carbons (Fsp3) is 0.583. The van der Waals surface area contributed by atoms with E-state index in [1.807, 2.05) is 11.4 Å². The molecule has 2 aliphatic rings. The highest BCUT2D eigenvalue weighted by molar-refractivity contribution is 14.1. The average molecular weight is 363 g/mol. The van der Waals surface area contributed by atoms with Crippen molar-refractivity contribution in [3.05, 3.63) is 19.9 Å². The first-order chi connectivity index (χ1) is 8.24. The molecule has 0 bridgehead atoms. The third-order valence-corrected chi connectivity index (χ3v) is 5.16. The highest BCUT2D eigenvalue weighted by atomic mass is 127. The first-order valence-corrected chi connectivity index (χ1v) is 7.86. The Morgan fingerprint density at radius 2 is 2.29 bits per heavy atom. The van der Waals surface area contributed by atoms with E-state index in [1.54, 1.807) is 11.3 Å². The summed E-state index contributed by atoms with van der Waals surface area (Å²) in [6, 6.07) is 2.15. The zero-order valence-electron chi connectivity index (χ0n) is 9.32. The summed E-state index contributed by atoms with van der Waals surface area (Å²) < 4.78 is 6.87. The molecule has 1 aromatic rings. The molecule has 3 rings (SSSR count). The minimum absolute atomic E-state index is 0.0466. The second kappa shape index (κ2) is 4.85.